The quantitative estimate of drug-likeness (QED) is 0.326. The largest absolute Gasteiger partial charge is 0.335 e. The summed E-state index contributed by atoms with van der Waals surface area (Å²) in [7, 11) is -3.22. The van der Waals surface area contributed by atoms with Crippen LogP contribution in [0.4, 0.5) is 0 Å². The molecule has 0 unspecified atom stereocenters. The summed E-state index contributed by atoms with van der Waals surface area (Å²) in [6.45, 7) is 11.5. The highest BCUT2D eigenvalue weighted by atomic mass is 31.2. The summed E-state index contributed by atoms with van der Waals surface area (Å²) in [4.78, 5) is 0. The lowest BCUT2D eigenvalue weighted by Gasteiger charge is -2.16. The Balaban J connectivity index is 4.59. The Morgan fingerprint density at radius 3 is 1.70 bits per heavy atom. The van der Waals surface area contributed by atoms with E-state index in [1.807, 2.05) is 39.8 Å². The van der Waals surface area contributed by atoms with Gasteiger partial charge < -0.3 is 9.05 Å². The van der Waals surface area contributed by atoms with Crippen molar-refractivity contribution in [2.45, 2.75) is 27.7 Å². The first kappa shape index (κ1) is 21.5. The van der Waals surface area contributed by atoms with Crippen molar-refractivity contribution in [3.63, 3.8) is 0 Å². The van der Waals surface area contributed by atoms with Gasteiger partial charge in [-0.2, -0.15) is 0 Å². The maximum atomic E-state index is 12.5. The molecule has 3 nitrogen and oxygen atoms in total. The molecule has 0 bridgehead atoms. The van der Waals surface area contributed by atoms with Crippen molar-refractivity contribution in [2.75, 3.05) is 19.4 Å². The van der Waals surface area contributed by atoms with Crippen molar-refractivity contribution >= 4 is 7.60 Å². The predicted octanol–water partition coefficient (Wildman–Crippen LogP) is 4.83. The maximum absolute atomic E-state index is 12.5. The molecule has 23 heavy (non-hydrogen) atoms. The van der Waals surface area contributed by atoms with Gasteiger partial charge >= 0.3 is 7.60 Å². The van der Waals surface area contributed by atoms with Crippen LogP contribution in [0.5, 0.6) is 0 Å². The lowest BCUT2D eigenvalue weighted by Crippen LogP contribution is -2.05. The van der Waals surface area contributed by atoms with E-state index in [1.165, 1.54) is 6.08 Å². The highest BCUT2D eigenvalue weighted by Crippen LogP contribution is 2.48. The fourth-order valence-corrected chi connectivity index (χ4v) is 2.62. The van der Waals surface area contributed by atoms with Crippen molar-refractivity contribution in [2.24, 2.45) is 10.8 Å². The Labute approximate surface area is 141 Å². The Morgan fingerprint density at radius 2 is 1.39 bits per heavy atom. The average Bonchev–Trinajstić information content (AvgIpc) is 2.49. The van der Waals surface area contributed by atoms with E-state index in [0.717, 1.165) is 0 Å². The maximum Gasteiger partial charge on any atom is 0.335 e. The molecule has 126 valence electrons. The Hall–Kier alpha value is -1.51. The molecule has 0 N–H and O–H groups in total. The van der Waals surface area contributed by atoms with Gasteiger partial charge in [0.05, 0.1) is 19.4 Å². The van der Waals surface area contributed by atoms with Crippen molar-refractivity contribution in [1.29, 1.82) is 0 Å². The Kier molecular flexibility index (Phi) is 8.96. The summed E-state index contributed by atoms with van der Waals surface area (Å²) in [6.07, 6.45) is 19.6. The van der Waals surface area contributed by atoms with E-state index < -0.39 is 7.60 Å². The smallest absolute Gasteiger partial charge is 0.304 e. The van der Waals surface area contributed by atoms with Crippen molar-refractivity contribution in [3.8, 4) is 24.7 Å². The van der Waals surface area contributed by atoms with Crippen LogP contribution in [0.2, 0.25) is 0 Å². The second-order valence-electron chi connectivity index (χ2n) is 6.21. The van der Waals surface area contributed by atoms with Crippen LogP contribution >= 0.6 is 7.60 Å². The molecule has 0 aromatic heterocycles. The Bertz CT molecular complexity index is 524. The minimum Gasteiger partial charge on any atom is -0.304 e. The topological polar surface area (TPSA) is 35.5 Å². The molecule has 0 rings (SSSR count). The zero-order valence-electron chi connectivity index (χ0n) is 14.5. The van der Waals surface area contributed by atoms with Crippen LogP contribution in [0.25, 0.3) is 0 Å². The van der Waals surface area contributed by atoms with E-state index in [1.54, 1.807) is 12.2 Å². The monoisotopic (exact) mass is 334 g/mol. The average molecular weight is 334 g/mol. The normalized spacial score (nSPS) is 15.2. The van der Waals surface area contributed by atoms with Crippen LogP contribution < -0.4 is 0 Å². The summed E-state index contributed by atoms with van der Waals surface area (Å²) >= 11 is 0. The van der Waals surface area contributed by atoms with E-state index in [0.29, 0.717) is 0 Å². The number of rotatable bonds is 10. The highest BCUT2D eigenvalue weighted by molar-refractivity contribution is 7.54. The van der Waals surface area contributed by atoms with Gasteiger partial charge in [0.15, 0.2) is 0 Å². The number of hydrogen-bond acceptors (Lipinski definition) is 3. The number of allylic oxidation sites excluding steroid dienone is 3. The van der Waals surface area contributed by atoms with Crippen molar-refractivity contribution < 1.29 is 13.6 Å². The van der Waals surface area contributed by atoms with Gasteiger partial charge in [0.2, 0.25) is 0 Å². The summed E-state index contributed by atoms with van der Waals surface area (Å²) in [5.74, 6) is 5.28. The van der Waals surface area contributed by atoms with Gasteiger partial charge in [0.1, 0.15) is 0 Å². The highest BCUT2D eigenvalue weighted by Gasteiger charge is 2.22. The third-order valence-corrected chi connectivity index (χ3v) is 4.69. The molecule has 0 heterocycles. The molecular formula is C19H27O3P. The number of terminal acetylenes is 2. The van der Waals surface area contributed by atoms with Gasteiger partial charge in [-0.25, -0.2) is 0 Å². The van der Waals surface area contributed by atoms with Gasteiger partial charge in [-0.1, -0.05) is 42.2 Å². The lowest BCUT2D eigenvalue weighted by atomic mass is 9.95. The summed E-state index contributed by atoms with van der Waals surface area (Å²) < 4.78 is 23.3. The van der Waals surface area contributed by atoms with Crippen molar-refractivity contribution in [3.05, 3.63) is 37.0 Å². The summed E-state index contributed by atoms with van der Waals surface area (Å²) in [6, 6.07) is 0. The van der Waals surface area contributed by atoms with Gasteiger partial charge in [-0.15, -0.1) is 19.4 Å². The zero-order chi connectivity index (χ0) is 18.0. The molecule has 0 amide bonds. The Morgan fingerprint density at radius 1 is 1.00 bits per heavy atom. The molecule has 0 saturated heterocycles. The standard InChI is InChI=1S/C19H27O3P/c1-8-17-23(20,21-15-11-13-18(4,5)9-2)22-16-12-14-19(6,7)10-3/h2-3,8,11-14H,1,15-17H2,4-7H3. The van der Waals surface area contributed by atoms with Crippen LogP contribution in [0.1, 0.15) is 27.7 Å². The molecule has 0 saturated carbocycles. The van der Waals surface area contributed by atoms with E-state index in [9.17, 15) is 4.57 Å². The van der Waals surface area contributed by atoms with Gasteiger partial charge in [-0.05, 0) is 27.7 Å². The van der Waals surface area contributed by atoms with Crippen LogP contribution in [-0.2, 0) is 13.6 Å². The molecule has 0 radical (unpaired) electrons. The molecule has 0 fully saturated rings. The zero-order valence-corrected chi connectivity index (χ0v) is 15.4. The fraction of sp³-hybridized carbons (Fsp3) is 0.474. The van der Waals surface area contributed by atoms with E-state index in [-0.39, 0.29) is 30.2 Å². The van der Waals surface area contributed by atoms with Crippen LogP contribution in [-0.4, -0.2) is 19.4 Å². The third-order valence-electron chi connectivity index (χ3n) is 2.90. The molecule has 0 aliphatic carbocycles. The molecule has 4 heteroatoms. The van der Waals surface area contributed by atoms with Gasteiger partial charge in [0, 0.05) is 10.8 Å². The number of hydrogen-bond donors (Lipinski definition) is 0. The first-order chi connectivity index (χ1) is 10.6. The third kappa shape index (κ3) is 9.98. The fourth-order valence-electron chi connectivity index (χ4n) is 1.40. The molecule has 0 aromatic rings. The summed E-state index contributed by atoms with van der Waals surface area (Å²) in [5.41, 5.74) is -0.730. The SMILES string of the molecule is C#CC(C)(C)C=CCOP(=O)(CC=C)OCC=CC(C)(C)C#C. The molecule has 0 aliphatic heterocycles. The van der Waals surface area contributed by atoms with E-state index in [4.69, 9.17) is 21.9 Å². The second-order valence-corrected chi connectivity index (χ2v) is 8.31. The van der Waals surface area contributed by atoms with Crippen LogP contribution in [0.3, 0.4) is 0 Å². The molecular weight excluding hydrogens is 307 g/mol. The van der Waals surface area contributed by atoms with E-state index >= 15 is 0 Å². The second kappa shape index (κ2) is 9.59. The molecule has 0 aromatic carbocycles. The summed E-state index contributed by atoms with van der Waals surface area (Å²) in [5, 5.41) is 0. The minimum absolute atomic E-state index is 0.145. The van der Waals surface area contributed by atoms with Crippen LogP contribution in [0.15, 0.2) is 37.0 Å². The van der Waals surface area contributed by atoms with Gasteiger partial charge in [0.25, 0.3) is 0 Å². The van der Waals surface area contributed by atoms with E-state index in [2.05, 4.69) is 18.4 Å². The minimum atomic E-state index is -3.22. The first-order valence-electron chi connectivity index (χ1n) is 7.40. The first-order valence-corrected chi connectivity index (χ1v) is 9.12. The van der Waals surface area contributed by atoms with Crippen molar-refractivity contribution in [1.82, 2.24) is 0 Å². The molecule has 0 atom stereocenters. The molecule has 0 aliphatic rings. The predicted molar refractivity (Wildman–Crippen MR) is 98.1 cm³/mol. The lowest BCUT2D eigenvalue weighted by molar-refractivity contribution is 0.238. The van der Waals surface area contributed by atoms with Crippen LogP contribution in [0, 0.1) is 35.5 Å². The molecule has 0 spiro atoms. The van der Waals surface area contributed by atoms with Gasteiger partial charge in [-0.3, -0.25) is 4.57 Å².